The van der Waals surface area contributed by atoms with Crippen molar-refractivity contribution in [1.82, 2.24) is 9.62 Å². The summed E-state index contributed by atoms with van der Waals surface area (Å²) in [4.78, 5) is 0.280. The fourth-order valence-corrected chi connectivity index (χ4v) is 4.01. The molecule has 24 heavy (non-hydrogen) atoms. The minimum Gasteiger partial charge on any atom is -0.379 e. The van der Waals surface area contributed by atoms with Crippen molar-refractivity contribution in [3.05, 3.63) is 24.3 Å². The summed E-state index contributed by atoms with van der Waals surface area (Å²) in [6.45, 7) is 7.88. The number of ether oxygens (including phenoxy) is 1. The fourth-order valence-electron chi connectivity index (χ4n) is 2.20. The molecule has 0 amide bonds. The highest BCUT2D eigenvalue weighted by Gasteiger charge is 2.26. The minimum absolute atomic E-state index is 0.0936. The summed E-state index contributed by atoms with van der Waals surface area (Å²) < 4.78 is 31.8. The first-order chi connectivity index (χ1) is 11.2. The highest BCUT2D eigenvalue weighted by Crippen LogP contribution is 2.19. The maximum absolute atomic E-state index is 12.6. The van der Waals surface area contributed by atoms with Crippen LogP contribution in [0.4, 0.5) is 5.69 Å². The van der Waals surface area contributed by atoms with Crippen LogP contribution < -0.4 is 10.6 Å². The van der Waals surface area contributed by atoms with Gasteiger partial charge in [0.15, 0.2) is 5.11 Å². The zero-order valence-electron chi connectivity index (χ0n) is 14.3. The molecule has 8 heteroatoms. The maximum atomic E-state index is 12.6. The van der Waals surface area contributed by atoms with Crippen molar-refractivity contribution in [2.24, 2.45) is 0 Å². The Morgan fingerprint density at radius 1 is 1.25 bits per heavy atom. The summed E-state index contributed by atoms with van der Waals surface area (Å²) in [5.41, 5.74) is 0.657. The summed E-state index contributed by atoms with van der Waals surface area (Å²) in [7, 11) is -3.46. The Morgan fingerprint density at radius 2 is 1.83 bits per heavy atom. The number of rotatable bonds is 5. The van der Waals surface area contributed by atoms with Crippen molar-refractivity contribution in [1.29, 1.82) is 0 Å². The number of nitrogens with one attached hydrogen (secondary N) is 2. The lowest BCUT2D eigenvalue weighted by molar-refractivity contribution is 0.0730. The van der Waals surface area contributed by atoms with E-state index in [2.05, 4.69) is 31.4 Å². The molecular formula is C16H25N3O3S2. The molecule has 0 atom stereocenters. The van der Waals surface area contributed by atoms with E-state index < -0.39 is 10.0 Å². The van der Waals surface area contributed by atoms with Gasteiger partial charge in [0.2, 0.25) is 10.0 Å². The second-order valence-corrected chi connectivity index (χ2v) is 8.70. The SMILES string of the molecule is CCC(C)(C)NC(=S)Nc1ccc(S(=O)(=O)N2CCOCC2)cc1. The van der Waals surface area contributed by atoms with Crippen LogP contribution in [0.15, 0.2) is 29.2 Å². The molecule has 2 rings (SSSR count). The summed E-state index contributed by atoms with van der Waals surface area (Å²) in [6, 6.07) is 6.64. The number of anilines is 1. The molecule has 0 unspecified atom stereocenters. The Hall–Kier alpha value is -1.22. The van der Waals surface area contributed by atoms with E-state index in [4.69, 9.17) is 17.0 Å². The third kappa shape index (κ3) is 4.89. The Labute approximate surface area is 149 Å². The molecule has 0 radical (unpaired) electrons. The van der Waals surface area contributed by atoms with Crippen LogP contribution in [0, 0.1) is 0 Å². The van der Waals surface area contributed by atoms with E-state index in [9.17, 15) is 8.42 Å². The number of nitrogens with zero attached hydrogens (tertiary/aromatic N) is 1. The van der Waals surface area contributed by atoms with Gasteiger partial charge >= 0.3 is 0 Å². The van der Waals surface area contributed by atoms with E-state index in [1.165, 1.54) is 4.31 Å². The highest BCUT2D eigenvalue weighted by atomic mass is 32.2. The first-order valence-corrected chi connectivity index (χ1v) is 9.86. The predicted octanol–water partition coefficient (Wildman–Crippen LogP) is 2.18. The van der Waals surface area contributed by atoms with Crippen LogP contribution in [0.3, 0.4) is 0 Å². The molecule has 6 nitrogen and oxygen atoms in total. The van der Waals surface area contributed by atoms with Gasteiger partial charge in [-0.2, -0.15) is 4.31 Å². The Balaban J connectivity index is 2.03. The van der Waals surface area contributed by atoms with Crippen molar-refractivity contribution in [3.63, 3.8) is 0 Å². The van der Waals surface area contributed by atoms with Gasteiger partial charge in [0, 0.05) is 24.3 Å². The van der Waals surface area contributed by atoms with E-state index in [0.29, 0.717) is 31.4 Å². The van der Waals surface area contributed by atoms with Gasteiger partial charge in [0.05, 0.1) is 18.1 Å². The van der Waals surface area contributed by atoms with Crippen molar-refractivity contribution >= 4 is 33.0 Å². The van der Waals surface area contributed by atoms with Crippen LogP contribution in [0.2, 0.25) is 0 Å². The molecule has 1 aromatic carbocycles. The zero-order valence-corrected chi connectivity index (χ0v) is 16.0. The van der Waals surface area contributed by atoms with E-state index in [0.717, 1.165) is 12.1 Å². The summed E-state index contributed by atoms with van der Waals surface area (Å²) in [5.74, 6) is 0. The monoisotopic (exact) mass is 371 g/mol. The minimum atomic E-state index is -3.46. The van der Waals surface area contributed by atoms with Crippen LogP contribution >= 0.6 is 12.2 Å². The fraction of sp³-hybridized carbons (Fsp3) is 0.562. The van der Waals surface area contributed by atoms with Gasteiger partial charge in [0.25, 0.3) is 0 Å². The second-order valence-electron chi connectivity index (χ2n) is 6.36. The topological polar surface area (TPSA) is 70.7 Å². The predicted molar refractivity (Wildman–Crippen MR) is 99.7 cm³/mol. The molecule has 1 heterocycles. The van der Waals surface area contributed by atoms with Gasteiger partial charge in [0.1, 0.15) is 0 Å². The first kappa shape index (κ1) is 19.1. The molecule has 0 bridgehead atoms. The maximum Gasteiger partial charge on any atom is 0.243 e. The third-order valence-corrected chi connectivity index (χ3v) is 6.17. The third-order valence-electron chi connectivity index (χ3n) is 4.06. The normalized spacial score (nSPS) is 16.6. The average molecular weight is 372 g/mol. The molecule has 1 aliphatic rings. The standard InChI is InChI=1S/C16H25N3O3S2/c1-4-16(2,3)18-15(23)17-13-5-7-14(8-6-13)24(20,21)19-9-11-22-12-10-19/h5-8H,4,9-12H2,1-3H3,(H2,17,18,23). The molecule has 1 aliphatic heterocycles. The van der Waals surface area contributed by atoms with Crippen LogP contribution in [0.25, 0.3) is 0 Å². The number of thiocarbonyl (C=S) groups is 1. The van der Waals surface area contributed by atoms with Gasteiger partial charge in [-0.05, 0) is 56.8 Å². The molecule has 0 aromatic heterocycles. The van der Waals surface area contributed by atoms with Gasteiger partial charge in [-0.3, -0.25) is 0 Å². The molecule has 1 aromatic rings. The highest BCUT2D eigenvalue weighted by molar-refractivity contribution is 7.89. The molecule has 134 valence electrons. The van der Waals surface area contributed by atoms with Crippen LogP contribution in [0.5, 0.6) is 0 Å². The summed E-state index contributed by atoms with van der Waals surface area (Å²) in [5, 5.41) is 6.83. The summed E-state index contributed by atoms with van der Waals surface area (Å²) >= 11 is 5.30. The molecular weight excluding hydrogens is 346 g/mol. The number of benzene rings is 1. The average Bonchev–Trinajstić information content (AvgIpc) is 2.55. The van der Waals surface area contributed by atoms with Gasteiger partial charge in [-0.15, -0.1) is 0 Å². The van der Waals surface area contributed by atoms with E-state index in [-0.39, 0.29) is 10.4 Å². The number of morpholine rings is 1. The molecule has 1 saturated heterocycles. The zero-order chi connectivity index (χ0) is 17.8. The largest absolute Gasteiger partial charge is 0.379 e. The lowest BCUT2D eigenvalue weighted by Gasteiger charge is -2.27. The molecule has 2 N–H and O–H groups in total. The molecule has 1 fully saturated rings. The first-order valence-electron chi connectivity index (χ1n) is 8.02. The van der Waals surface area contributed by atoms with E-state index in [1.54, 1.807) is 24.3 Å². The quantitative estimate of drug-likeness (QED) is 0.773. The van der Waals surface area contributed by atoms with Crippen molar-refractivity contribution < 1.29 is 13.2 Å². The number of sulfonamides is 1. The Morgan fingerprint density at radius 3 is 2.38 bits per heavy atom. The Bertz CT molecular complexity index is 666. The smallest absolute Gasteiger partial charge is 0.243 e. The van der Waals surface area contributed by atoms with E-state index >= 15 is 0 Å². The van der Waals surface area contributed by atoms with Crippen molar-refractivity contribution in [3.8, 4) is 0 Å². The summed E-state index contributed by atoms with van der Waals surface area (Å²) in [6.07, 6.45) is 0.936. The van der Waals surface area contributed by atoms with Gasteiger partial charge < -0.3 is 15.4 Å². The number of hydrogen-bond acceptors (Lipinski definition) is 4. The lowest BCUT2D eigenvalue weighted by atomic mass is 10.0. The van der Waals surface area contributed by atoms with Crippen molar-refractivity contribution in [2.45, 2.75) is 37.6 Å². The Kier molecular flexibility index (Phi) is 6.19. The second kappa shape index (κ2) is 7.77. The van der Waals surface area contributed by atoms with Crippen LogP contribution in [0.1, 0.15) is 27.2 Å². The lowest BCUT2D eigenvalue weighted by Crippen LogP contribution is -2.44. The van der Waals surface area contributed by atoms with Gasteiger partial charge in [-0.1, -0.05) is 6.92 Å². The molecule has 0 saturated carbocycles. The van der Waals surface area contributed by atoms with Gasteiger partial charge in [-0.25, -0.2) is 8.42 Å². The molecule has 0 aliphatic carbocycles. The molecule has 0 spiro atoms. The van der Waals surface area contributed by atoms with Crippen LogP contribution in [-0.2, 0) is 14.8 Å². The van der Waals surface area contributed by atoms with Crippen molar-refractivity contribution in [2.75, 3.05) is 31.6 Å². The number of hydrogen-bond donors (Lipinski definition) is 2. The van der Waals surface area contributed by atoms with Crippen LogP contribution in [-0.4, -0.2) is 49.7 Å². The van der Waals surface area contributed by atoms with E-state index in [1.807, 2.05) is 0 Å².